The number of halogens is 1. The van der Waals surface area contributed by atoms with Crippen LogP contribution < -0.4 is 5.73 Å². The van der Waals surface area contributed by atoms with E-state index < -0.39 is 0 Å². The van der Waals surface area contributed by atoms with Gasteiger partial charge in [0.25, 0.3) is 5.91 Å². The van der Waals surface area contributed by atoms with E-state index in [1.54, 1.807) is 18.2 Å². The summed E-state index contributed by atoms with van der Waals surface area (Å²) in [4.78, 5) is 14.7. The molecule has 2 fully saturated rings. The third-order valence-corrected chi connectivity index (χ3v) is 4.80. The Morgan fingerprint density at radius 1 is 1.26 bits per heavy atom. The molecule has 2 N–H and O–H groups in total. The number of carbonyl (C=O) groups is 1. The minimum atomic E-state index is 0.0499. The normalized spacial score (nSPS) is 26.3. The Labute approximate surface area is 118 Å². The number of nitrogens with two attached hydrogens (primary N) is 1. The van der Waals surface area contributed by atoms with Gasteiger partial charge < -0.3 is 10.6 Å². The highest BCUT2D eigenvalue weighted by atomic mass is 35.5. The Kier molecular flexibility index (Phi) is 3.40. The molecule has 2 aliphatic rings. The molecule has 1 saturated carbocycles. The summed E-state index contributed by atoms with van der Waals surface area (Å²) in [5.41, 5.74) is 6.91. The summed E-state index contributed by atoms with van der Waals surface area (Å²) in [7, 11) is 0. The predicted octanol–water partition coefficient (Wildman–Crippen LogP) is 3.33. The Balaban J connectivity index is 1.88. The van der Waals surface area contributed by atoms with Crippen molar-refractivity contribution in [1.82, 2.24) is 4.90 Å². The van der Waals surface area contributed by atoms with Gasteiger partial charge in [0.05, 0.1) is 10.6 Å². The average Bonchev–Trinajstić information content (AvgIpc) is 2.89. The van der Waals surface area contributed by atoms with Crippen LogP contribution in [0.4, 0.5) is 5.69 Å². The largest absolute Gasteiger partial charge is 0.399 e. The van der Waals surface area contributed by atoms with Crippen LogP contribution in [0, 0.1) is 5.92 Å². The van der Waals surface area contributed by atoms with Crippen LogP contribution in [-0.2, 0) is 0 Å². The van der Waals surface area contributed by atoms with E-state index in [4.69, 9.17) is 17.3 Å². The summed E-state index contributed by atoms with van der Waals surface area (Å²) in [6, 6.07) is 5.55. The molecular weight excluding hydrogens is 260 g/mol. The zero-order chi connectivity index (χ0) is 13.4. The van der Waals surface area contributed by atoms with Crippen LogP contribution in [0.5, 0.6) is 0 Å². The third kappa shape index (κ3) is 2.32. The van der Waals surface area contributed by atoms with Crippen molar-refractivity contribution in [3.8, 4) is 0 Å². The number of nitrogens with zero attached hydrogens (tertiary/aromatic N) is 1. The number of hydrogen-bond donors (Lipinski definition) is 1. The van der Waals surface area contributed by atoms with Gasteiger partial charge in [-0.2, -0.15) is 0 Å². The van der Waals surface area contributed by atoms with Gasteiger partial charge in [-0.3, -0.25) is 4.79 Å². The van der Waals surface area contributed by atoms with Gasteiger partial charge in [-0.1, -0.05) is 18.0 Å². The Morgan fingerprint density at radius 2 is 2.05 bits per heavy atom. The number of piperidine rings is 1. The molecule has 2 atom stereocenters. The molecule has 1 heterocycles. The lowest BCUT2D eigenvalue weighted by Crippen LogP contribution is -2.46. The zero-order valence-corrected chi connectivity index (χ0v) is 11.7. The number of anilines is 1. The number of hydrogen-bond acceptors (Lipinski definition) is 2. The van der Waals surface area contributed by atoms with E-state index in [1.165, 1.54) is 19.3 Å². The summed E-state index contributed by atoms with van der Waals surface area (Å²) in [6.45, 7) is 0.852. The maximum atomic E-state index is 12.7. The molecular formula is C15H19ClN2O. The second-order valence-corrected chi connectivity index (χ2v) is 6.05. The molecule has 3 rings (SSSR count). The van der Waals surface area contributed by atoms with Crippen molar-refractivity contribution in [2.75, 3.05) is 12.3 Å². The second kappa shape index (κ2) is 5.04. The van der Waals surface area contributed by atoms with Crippen molar-refractivity contribution in [1.29, 1.82) is 0 Å². The van der Waals surface area contributed by atoms with E-state index in [-0.39, 0.29) is 5.91 Å². The number of rotatable bonds is 1. The molecule has 1 aliphatic heterocycles. The quantitative estimate of drug-likeness (QED) is 0.801. The predicted molar refractivity (Wildman–Crippen MR) is 77.3 cm³/mol. The lowest BCUT2D eigenvalue weighted by atomic mass is 9.91. The van der Waals surface area contributed by atoms with Gasteiger partial charge in [0, 0.05) is 18.3 Å². The molecule has 1 aliphatic carbocycles. The zero-order valence-electron chi connectivity index (χ0n) is 10.9. The highest BCUT2D eigenvalue weighted by Gasteiger charge is 2.37. The molecule has 102 valence electrons. The molecule has 19 heavy (non-hydrogen) atoms. The first-order valence-electron chi connectivity index (χ1n) is 7.03. The molecule has 4 heteroatoms. The molecule has 1 saturated heterocycles. The molecule has 1 aromatic rings. The standard InChI is InChI=1S/C15H19ClN2O/c16-13-7-6-11(17)9-12(13)15(19)18-8-2-4-10-3-1-5-14(10)18/h6-7,9-10,14H,1-5,8,17H2. The summed E-state index contributed by atoms with van der Waals surface area (Å²) < 4.78 is 0. The molecule has 0 radical (unpaired) electrons. The van der Waals surface area contributed by atoms with Crippen molar-refractivity contribution in [3.63, 3.8) is 0 Å². The van der Waals surface area contributed by atoms with E-state index in [0.717, 1.165) is 19.4 Å². The Hall–Kier alpha value is -1.22. The van der Waals surface area contributed by atoms with Crippen molar-refractivity contribution in [3.05, 3.63) is 28.8 Å². The van der Waals surface area contributed by atoms with E-state index in [2.05, 4.69) is 0 Å². The van der Waals surface area contributed by atoms with Gasteiger partial charge in [0.2, 0.25) is 0 Å². The maximum absolute atomic E-state index is 12.7. The minimum absolute atomic E-state index is 0.0499. The van der Waals surface area contributed by atoms with Crippen LogP contribution in [0.25, 0.3) is 0 Å². The maximum Gasteiger partial charge on any atom is 0.255 e. The van der Waals surface area contributed by atoms with E-state index in [0.29, 0.717) is 28.2 Å². The molecule has 0 aromatic heterocycles. The van der Waals surface area contributed by atoms with Gasteiger partial charge >= 0.3 is 0 Å². The molecule has 3 nitrogen and oxygen atoms in total. The smallest absolute Gasteiger partial charge is 0.255 e. The van der Waals surface area contributed by atoms with Gasteiger partial charge in [-0.15, -0.1) is 0 Å². The fourth-order valence-corrected chi connectivity index (χ4v) is 3.77. The van der Waals surface area contributed by atoms with Crippen molar-refractivity contribution in [2.24, 2.45) is 5.92 Å². The fourth-order valence-electron chi connectivity index (χ4n) is 3.57. The lowest BCUT2D eigenvalue weighted by molar-refractivity contribution is 0.0548. The first kappa shape index (κ1) is 12.8. The summed E-state index contributed by atoms with van der Waals surface area (Å²) in [5, 5.41) is 0.499. The van der Waals surface area contributed by atoms with Crippen LogP contribution >= 0.6 is 11.6 Å². The van der Waals surface area contributed by atoms with Gasteiger partial charge in [-0.05, 0) is 49.8 Å². The minimum Gasteiger partial charge on any atom is -0.399 e. The van der Waals surface area contributed by atoms with E-state index in [1.807, 2.05) is 4.90 Å². The fraction of sp³-hybridized carbons (Fsp3) is 0.533. The highest BCUT2D eigenvalue weighted by Crippen LogP contribution is 2.38. The average molecular weight is 279 g/mol. The summed E-state index contributed by atoms with van der Waals surface area (Å²) in [5.74, 6) is 0.742. The number of fused-ring (bicyclic) bond motifs is 1. The summed E-state index contributed by atoms with van der Waals surface area (Å²) >= 11 is 6.15. The number of benzene rings is 1. The van der Waals surface area contributed by atoms with Gasteiger partial charge in [0.1, 0.15) is 0 Å². The molecule has 1 aromatic carbocycles. The lowest BCUT2D eigenvalue weighted by Gasteiger charge is -2.38. The van der Waals surface area contributed by atoms with Crippen LogP contribution in [0.15, 0.2) is 18.2 Å². The number of nitrogen functional groups attached to an aromatic ring is 1. The Bertz CT molecular complexity index is 503. The number of likely N-dealkylation sites (tertiary alicyclic amines) is 1. The molecule has 0 bridgehead atoms. The topological polar surface area (TPSA) is 46.3 Å². The monoisotopic (exact) mass is 278 g/mol. The highest BCUT2D eigenvalue weighted by molar-refractivity contribution is 6.34. The van der Waals surface area contributed by atoms with Crippen LogP contribution in [0.2, 0.25) is 5.02 Å². The van der Waals surface area contributed by atoms with Crippen molar-refractivity contribution < 1.29 is 4.79 Å². The van der Waals surface area contributed by atoms with Gasteiger partial charge in [0.15, 0.2) is 0 Å². The molecule has 2 unspecified atom stereocenters. The molecule has 0 spiro atoms. The van der Waals surface area contributed by atoms with E-state index in [9.17, 15) is 4.79 Å². The van der Waals surface area contributed by atoms with E-state index >= 15 is 0 Å². The number of carbonyl (C=O) groups excluding carboxylic acids is 1. The van der Waals surface area contributed by atoms with Crippen LogP contribution in [-0.4, -0.2) is 23.4 Å². The summed E-state index contributed by atoms with van der Waals surface area (Å²) in [6.07, 6.45) is 6.01. The third-order valence-electron chi connectivity index (χ3n) is 4.47. The molecule has 1 amide bonds. The Morgan fingerprint density at radius 3 is 2.89 bits per heavy atom. The van der Waals surface area contributed by atoms with Crippen LogP contribution in [0.1, 0.15) is 42.5 Å². The number of amides is 1. The second-order valence-electron chi connectivity index (χ2n) is 5.64. The van der Waals surface area contributed by atoms with Crippen molar-refractivity contribution >= 4 is 23.2 Å². The first-order valence-corrected chi connectivity index (χ1v) is 7.40. The SMILES string of the molecule is Nc1ccc(Cl)c(C(=O)N2CCCC3CCCC32)c1. The first-order chi connectivity index (χ1) is 9.16. The van der Waals surface area contributed by atoms with Gasteiger partial charge in [-0.25, -0.2) is 0 Å². The van der Waals surface area contributed by atoms with Crippen molar-refractivity contribution in [2.45, 2.75) is 38.1 Å². The van der Waals surface area contributed by atoms with Crippen LogP contribution in [0.3, 0.4) is 0 Å².